The van der Waals surface area contributed by atoms with Crippen LogP contribution in [0.3, 0.4) is 0 Å². The summed E-state index contributed by atoms with van der Waals surface area (Å²) in [5, 5.41) is 6.83. The number of hydrogen-bond donors (Lipinski definition) is 2. The molecule has 0 bridgehead atoms. The van der Waals surface area contributed by atoms with Gasteiger partial charge in [-0.25, -0.2) is 0 Å². The third-order valence-corrected chi connectivity index (χ3v) is 2.23. The third-order valence-electron chi connectivity index (χ3n) is 2.23. The van der Waals surface area contributed by atoms with Crippen LogP contribution in [0.15, 0.2) is 0 Å². The molecule has 0 saturated carbocycles. The smallest absolute Gasteiger partial charge is 0.00768 e. The molecule has 1 rings (SSSR count). The van der Waals surface area contributed by atoms with E-state index in [0.29, 0.717) is 0 Å². The van der Waals surface area contributed by atoms with Gasteiger partial charge in [-0.2, -0.15) is 0 Å². The summed E-state index contributed by atoms with van der Waals surface area (Å²) in [4.78, 5) is 0. The van der Waals surface area contributed by atoms with Gasteiger partial charge in [0.1, 0.15) is 0 Å². The molecule has 0 aromatic heterocycles. The quantitative estimate of drug-likeness (QED) is 0.555. The molecule has 1 fully saturated rings. The molecule has 0 spiro atoms. The van der Waals surface area contributed by atoms with Crippen LogP contribution in [0.5, 0.6) is 0 Å². The van der Waals surface area contributed by atoms with Crippen LogP contribution < -0.4 is 10.6 Å². The van der Waals surface area contributed by atoms with Gasteiger partial charge in [-0.05, 0) is 24.9 Å². The second-order valence-electron chi connectivity index (χ2n) is 3.41. The van der Waals surface area contributed by atoms with E-state index in [1.165, 1.54) is 13.1 Å². The Hall–Kier alpha value is -0.0800. The Balaban J connectivity index is 2.28. The summed E-state index contributed by atoms with van der Waals surface area (Å²) in [6.45, 7) is 9.21. The van der Waals surface area contributed by atoms with Gasteiger partial charge in [-0.15, -0.1) is 0 Å². The van der Waals surface area contributed by atoms with Crippen LogP contribution in [-0.4, -0.2) is 26.2 Å². The van der Waals surface area contributed by atoms with E-state index in [9.17, 15) is 0 Å². The van der Waals surface area contributed by atoms with Crippen LogP contribution in [0.1, 0.15) is 13.8 Å². The summed E-state index contributed by atoms with van der Waals surface area (Å²) in [5.74, 6) is 1.63. The first-order valence-corrected chi connectivity index (χ1v) is 4.22. The van der Waals surface area contributed by atoms with E-state index >= 15 is 0 Å². The predicted octanol–water partition coefficient (Wildman–Crippen LogP) is 0.451. The van der Waals surface area contributed by atoms with Crippen molar-refractivity contribution in [2.45, 2.75) is 13.8 Å². The summed E-state index contributed by atoms with van der Waals surface area (Å²) in [5.41, 5.74) is 0. The lowest BCUT2D eigenvalue weighted by Gasteiger charge is -2.17. The van der Waals surface area contributed by atoms with Crippen LogP contribution >= 0.6 is 0 Å². The highest BCUT2D eigenvalue weighted by molar-refractivity contribution is 4.72. The Morgan fingerprint density at radius 1 is 1.10 bits per heavy atom. The van der Waals surface area contributed by atoms with Crippen LogP contribution in [-0.2, 0) is 0 Å². The molecule has 0 aromatic carbocycles. The highest BCUT2D eigenvalue weighted by Crippen LogP contribution is 2.08. The van der Waals surface area contributed by atoms with E-state index in [1.54, 1.807) is 0 Å². The molecule has 0 aliphatic carbocycles. The Labute approximate surface area is 63.4 Å². The van der Waals surface area contributed by atoms with Crippen molar-refractivity contribution in [2.75, 3.05) is 26.2 Å². The first-order valence-electron chi connectivity index (χ1n) is 4.22. The highest BCUT2D eigenvalue weighted by atomic mass is 15.0. The van der Waals surface area contributed by atoms with Gasteiger partial charge in [0.15, 0.2) is 0 Å². The summed E-state index contributed by atoms with van der Waals surface area (Å²) in [7, 11) is 0. The number of nitrogens with one attached hydrogen (secondary N) is 2. The highest BCUT2D eigenvalue weighted by Gasteiger charge is 2.13. The molecule has 10 heavy (non-hydrogen) atoms. The van der Waals surface area contributed by atoms with Crippen molar-refractivity contribution in [2.24, 2.45) is 11.8 Å². The maximum atomic E-state index is 3.42. The van der Waals surface area contributed by atoms with Crippen molar-refractivity contribution in [3.8, 4) is 0 Å². The van der Waals surface area contributed by atoms with Crippen molar-refractivity contribution in [1.82, 2.24) is 10.6 Å². The van der Waals surface area contributed by atoms with Gasteiger partial charge < -0.3 is 10.6 Å². The maximum absolute atomic E-state index is 3.42. The fourth-order valence-corrected chi connectivity index (χ4v) is 1.30. The lowest BCUT2D eigenvalue weighted by atomic mass is 9.96. The topological polar surface area (TPSA) is 24.1 Å². The minimum Gasteiger partial charge on any atom is -0.315 e. The molecule has 1 aliphatic rings. The molecule has 0 unspecified atom stereocenters. The Morgan fingerprint density at radius 2 is 1.60 bits per heavy atom. The summed E-state index contributed by atoms with van der Waals surface area (Å²) >= 11 is 0. The average Bonchev–Trinajstić information content (AvgIpc) is 2.12. The molecular weight excluding hydrogens is 124 g/mol. The fraction of sp³-hybridized carbons (Fsp3) is 1.00. The minimum absolute atomic E-state index is 0.804. The number of rotatable bonds is 1. The maximum Gasteiger partial charge on any atom is 0.00768 e. The molecule has 60 valence electrons. The van der Waals surface area contributed by atoms with Gasteiger partial charge in [0.05, 0.1) is 0 Å². The van der Waals surface area contributed by atoms with Gasteiger partial charge in [-0.1, -0.05) is 13.8 Å². The molecule has 2 N–H and O–H groups in total. The van der Waals surface area contributed by atoms with E-state index < -0.39 is 0 Å². The minimum atomic E-state index is 0.804. The SMILES string of the molecule is CC(C)C1CNCCNC1. The Bertz CT molecular complexity index is 83.3. The van der Waals surface area contributed by atoms with Crippen molar-refractivity contribution in [3.05, 3.63) is 0 Å². The van der Waals surface area contributed by atoms with E-state index in [2.05, 4.69) is 24.5 Å². The van der Waals surface area contributed by atoms with Crippen LogP contribution in [0.2, 0.25) is 0 Å². The summed E-state index contributed by atoms with van der Waals surface area (Å²) < 4.78 is 0. The zero-order valence-corrected chi connectivity index (χ0v) is 6.98. The van der Waals surface area contributed by atoms with Gasteiger partial charge >= 0.3 is 0 Å². The van der Waals surface area contributed by atoms with E-state index in [4.69, 9.17) is 0 Å². The van der Waals surface area contributed by atoms with E-state index in [1.807, 2.05) is 0 Å². The Kier molecular flexibility index (Phi) is 3.16. The normalized spacial score (nSPS) is 23.1. The molecule has 0 radical (unpaired) electrons. The van der Waals surface area contributed by atoms with Gasteiger partial charge in [-0.3, -0.25) is 0 Å². The summed E-state index contributed by atoms with van der Waals surface area (Å²) in [6, 6.07) is 0. The second-order valence-corrected chi connectivity index (χ2v) is 3.41. The fourth-order valence-electron chi connectivity index (χ4n) is 1.30. The van der Waals surface area contributed by atoms with Crippen molar-refractivity contribution < 1.29 is 0 Å². The van der Waals surface area contributed by atoms with Crippen LogP contribution in [0.4, 0.5) is 0 Å². The molecule has 0 atom stereocenters. The standard InChI is InChI=1S/C8H18N2/c1-7(2)8-5-9-3-4-10-6-8/h7-10H,3-6H2,1-2H3. The zero-order chi connectivity index (χ0) is 7.40. The average molecular weight is 142 g/mol. The molecule has 0 amide bonds. The third kappa shape index (κ3) is 2.27. The van der Waals surface area contributed by atoms with Gasteiger partial charge in [0.25, 0.3) is 0 Å². The van der Waals surface area contributed by atoms with Gasteiger partial charge in [0.2, 0.25) is 0 Å². The lowest BCUT2D eigenvalue weighted by Crippen LogP contribution is -2.27. The first-order chi connectivity index (χ1) is 4.80. The largest absolute Gasteiger partial charge is 0.315 e. The molecule has 1 saturated heterocycles. The van der Waals surface area contributed by atoms with Crippen molar-refractivity contribution >= 4 is 0 Å². The van der Waals surface area contributed by atoms with E-state index in [0.717, 1.165) is 24.9 Å². The van der Waals surface area contributed by atoms with Crippen molar-refractivity contribution in [1.29, 1.82) is 0 Å². The summed E-state index contributed by atoms with van der Waals surface area (Å²) in [6.07, 6.45) is 0. The second kappa shape index (κ2) is 3.94. The van der Waals surface area contributed by atoms with Crippen LogP contribution in [0, 0.1) is 11.8 Å². The lowest BCUT2D eigenvalue weighted by molar-refractivity contribution is 0.375. The predicted molar refractivity (Wildman–Crippen MR) is 44.1 cm³/mol. The molecule has 1 heterocycles. The Morgan fingerprint density at radius 3 is 2.00 bits per heavy atom. The van der Waals surface area contributed by atoms with Crippen molar-refractivity contribution in [3.63, 3.8) is 0 Å². The molecule has 2 nitrogen and oxygen atoms in total. The molecule has 0 aromatic rings. The molecule has 2 heteroatoms. The monoisotopic (exact) mass is 142 g/mol. The molecule has 1 aliphatic heterocycles. The van der Waals surface area contributed by atoms with Gasteiger partial charge in [0, 0.05) is 13.1 Å². The zero-order valence-electron chi connectivity index (χ0n) is 6.98. The van der Waals surface area contributed by atoms with E-state index in [-0.39, 0.29) is 0 Å². The van der Waals surface area contributed by atoms with Crippen LogP contribution in [0.25, 0.3) is 0 Å². The molecular formula is C8H18N2. The first kappa shape index (κ1) is 8.02. The number of hydrogen-bond acceptors (Lipinski definition) is 2.